The SMILES string of the molecule is Cc1ccc(C(=O)OC(C)C)c(Br)c1. The summed E-state index contributed by atoms with van der Waals surface area (Å²) in [6.07, 6.45) is -0.0873. The topological polar surface area (TPSA) is 26.3 Å². The van der Waals surface area contributed by atoms with Gasteiger partial charge in [-0.05, 0) is 54.4 Å². The average molecular weight is 257 g/mol. The van der Waals surface area contributed by atoms with Gasteiger partial charge >= 0.3 is 5.97 Å². The number of halogens is 1. The van der Waals surface area contributed by atoms with E-state index in [-0.39, 0.29) is 12.1 Å². The monoisotopic (exact) mass is 256 g/mol. The third-order valence-electron chi connectivity index (χ3n) is 1.69. The standard InChI is InChI=1S/C11H13BrO2/c1-7(2)14-11(13)9-5-4-8(3)6-10(9)12/h4-7H,1-3H3. The molecule has 0 radical (unpaired) electrons. The Balaban J connectivity index is 2.90. The summed E-state index contributed by atoms with van der Waals surface area (Å²) in [6.45, 7) is 5.64. The highest BCUT2D eigenvalue weighted by Crippen LogP contribution is 2.19. The van der Waals surface area contributed by atoms with Crippen LogP contribution in [0.25, 0.3) is 0 Å². The van der Waals surface area contributed by atoms with Crippen molar-refractivity contribution < 1.29 is 9.53 Å². The first-order valence-electron chi connectivity index (χ1n) is 4.48. The van der Waals surface area contributed by atoms with Crippen molar-refractivity contribution in [1.82, 2.24) is 0 Å². The van der Waals surface area contributed by atoms with Crippen LogP contribution >= 0.6 is 15.9 Å². The summed E-state index contributed by atoms with van der Waals surface area (Å²) in [5.74, 6) is -0.285. The number of aryl methyl sites for hydroxylation is 1. The highest BCUT2D eigenvalue weighted by atomic mass is 79.9. The summed E-state index contributed by atoms with van der Waals surface area (Å²) in [4.78, 5) is 11.5. The van der Waals surface area contributed by atoms with E-state index in [4.69, 9.17) is 4.74 Å². The predicted molar refractivity (Wildman–Crippen MR) is 59.4 cm³/mol. The Labute approximate surface area is 92.4 Å². The van der Waals surface area contributed by atoms with E-state index in [1.54, 1.807) is 6.07 Å². The molecule has 0 aliphatic rings. The number of rotatable bonds is 2. The predicted octanol–water partition coefficient (Wildman–Crippen LogP) is 3.32. The van der Waals surface area contributed by atoms with Crippen molar-refractivity contribution in [2.75, 3.05) is 0 Å². The molecule has 0 bridgehead atoms. The van der Waals surface area contributed by atoms with Crippen molar-refractivity contribution in [1.29, 1.82) is 0 Å². The van der Waals surface area contributed by atoms with Gasteiger partial charge in [-0.1, -0.05) is 6.07 Å². The Hall–Kier alpha value is -0.830. The van der Waals surface area contributed by atoms with Gasteiger partial charge in [0.2, 0.25) is 0 Å². The molecule has 0 aromatic heterocycles. The van der Waals surface area contributed by atoms with Crippen LogP contribution in [0.2, 0.25) is 0 Å². The highest BCUT2D eigenvalue weighted by Gasteiger charge is 2.12. The Morgan fingerprint density at radius 2 is 2.07 bits per heavy atom. The van der Waals surface area contributed by atoms with E-state index in [1.807, 2.05) is 32.9 Å². The fraction of sp³-hybridized carbons (Fsp3) is 0.364. The Kier molecular flexibility index (Phi) is 3.69. The minimum Gasteiger partial charge on any atom is -0.459 e. The van der Waals surface area contributed by atoms with Crippen molar-refractivity contribution in [2.24, 2.45) is 0 Å². The fourth-order valence-corrected chi connectivity index (χ4v) is 1.72. The summed E-state index contributed by atoms with van der Waals surface area (Å²) in [5.41, 5.74) is 1.68. The molecular formula is C11H13BrO2. The van der Waals surface area contributed by atoms with Crippen LogP contribution < -0.4 is 0 Å². The van der Waals surface area contributed by atoms with Crippen molar-refractivity contribution in [3.05, 3.63) is 33.8 Å². The molecule has 0 unspecified atom stereocenters. The van der Waals surface area contributed by atoms with Crippen LogP contribution in [-0.2, 0) is 4.74 Å². The van der Waals surface area contributed by atoms with Gasteiger partial charge < -0.3 is 4.74 Å². The van der Waals surface area contributed by atoms with Crippen LogP contribution in [0.1, 0.15) is 29.8 Å². The van der Waals surface area contributed by atoms with Crippen LogP contribution in [0.5, 0.6) is 0 Å². The molecule has 1 aromatic carbocycles. The van der Waals surface area contributed by atoms with Gasteiger partial charge in [-0.3, -0.25) is 0 Å². The molecule has 0 aliphatic carbocycles. The molecule has 2 nitrogen and oxygen atoms in total. The molecule has 0 heterocycles. The van der Waals surface area contributed by atoms with E-state index in [0.29, 0.717) is 5.56 Å². The first-order chi connectivity index (χ1) is 6.50. The number of hydrogen-bond donors (Lipinski definition) is 0. The lowest BCUT2D eigenvalue weighted by Gasteiger charge is -2.09. The largest absolute Gasteiger partial charge is 0.459 e. The lowest BCUT2D eigenvalue weighted by molar-refractivity contribution is 0.0377. The molecular weight excluding hydrogens is 244 g/mol. The third kappa shape index (κ3) is 2.84. The number of carbonyl (C=O) groups is 1. The van der Waals surface area contributed by atoms with E-state index >= 15 is 0 Å². The van der Waals surface area contributed by atoms with Crippen LogP contribution in [0, 0.1) is 6.92 Å². The molecule has 0 saturated carbocycles. The van der Waals surface area contributed by atoms with E-state index in [2.05, 4.69) is 15.9 Å². The molecule has 0 amide bonds. The molecule has 1 rings (SSSR count). The van der Waals surface area contributed by atoms with E-state index < -0.39 is 0 Å². The van der Waals surface area contributed by atoms with Crippen LogP contribution in [0.3, 0.4) is 0 Å². The Morgan fingerprint density at radius 1 is 1.43 bits per heavy atom. The first-order valence-corrected chi connectivity index (χ1v) is 5.27. The van der Waals surface area contributed by atoms with E-state index in [1.165, 1.54) is 0 Å². The second-order valence-corrected chi connectivity index (χ2v) is 4.29. The molecule has 76 valence electrons. The molecule has 0 spiro atoms. The van der Waals surface area contributed by atoms with E-state index in [0.717, 1.165) is 10.0 Å². The van der Waals surface area contributed by atoms with Gasteiger partial charge in [0.1, 0.15) is 0 Å². The second kappa shape index (κ2) is 4.60. The lowest BCUT2D eigenvalue weighted by Crippen LogP contribution is -2.12. The quantitative estimate of drug-likeness (QED) is 0.759. The third-order valence-corrected chi connectivity index (χ3v) is 2.34. The molecule has 0 fully saturated rings. The number of ether oxygens (including phenoxy) is 1. The van der Waals surface area contributed by atoms with Crippen molar-refractivity contribution in [3.8, 4) is 0 Å². The van der Waals surface area contributed by atoms with Crippen LogP contribution in [0.15, 0.2) is 22.7 Å². The van der Waals surface area contributed by atoms with Crippen molar-refractivity contribution in [3.63, 3.8) is 0 Å². The number of esters is 1. The van der Waals surface area contributed by atoms with Gasteiger partial charge in [0.05, 0.1) is 11.7 Å². The molecule has 0 atom stereocenters. The minimum absolute atomic E-state index is 0.0873. The number of carbonyl (C=O) groups excluding carboxylic acids is 1. The second-order valence-electron chi connectivity index (χ2n) is 3.44. The maximum absolute atomic E-state index is 11.5. The van der Waals surface area contributed by atoms with Gasteiger partial charge in [0.15, 0.2) is 0 Å². The fourth-order valence-electron chi connectivity index (χ4n) is 1.06. The normalized spacial score (nSPS) is 10.4. The van der Waals surface area contributed by atoms with Crippen molar-refractivity contribution >= 4 is 21.9 Å². The van der Waals surface area contributed by atoms with Crippen LogP contribution in [-0.4, -0.2) is 12.1 Å². The number of benzene rings is 1. The lowest BCUT2D eigenvalue weighted by atomic mass is 10.1. The van der Waals surface area contributed by atoms with Crippen molar-refractivity contribution in [2.45, 2.75) is 26.9 Å². The maximum atomic E-state index is 11.5. The van der Waals surface area contributed by atoms with E-state index in [9.17, 15) is 4.79 Å². The van der Waals surface area contributed by atoms with Crippen LogP contribution in [0.4, 0.5) is 0 Å². The zero-order valence-corrected chi connectivity index (χ0v) is 10.1. The maximum Gasteiger partial charge on any atom is 0.339 e. The zero-order chi connectivity index (χ0) is 10.7. The molecule has 0 aliphatic heterocycles. The average Bonchev–Trinajstić information content (AvgIpc) is 2.01. The molecule has 0 saturated heterocycles. The summed E-state index contributed by atoms with van der Waals surface area (Å²) in [5, 5.41) is 0. The minimum atomic E-state index is -0.285. The van der Waals surface area contributed by atoms with Gasteiger partial charge in [0, 0.05) is 4.47 Å². The summed E-state index contributed by atoms with van der Waals surface area (Å²) in [6, 6.07) is 5.56. The summed E-state index contributed by atoms with van der Waals surface area (Å²) in [7, 11) is 0. The first kappa shape index (κ1) is 11.2. The molecule has 3 heteroatoms. The van der Waals surface area contributed by atoms with Gasteiger partial charge in [-0.2, -0.15) is 0 Å². The molecule has 0 N–H and O–H groups in total. The number of hydrogen-bond acceptors (Lipinski definition) is 2. The Morgan fingerprint density at radius 3 is 2.57 bits per heavy atom. The summed E-state index contributed by atoms with van der Waals surface area (Å²) >= 11 is 3.34. The molecule has 14 heavy (non-hydrogen) atoms. The summed E-state index contributed by atoms with van der Waals surface area (Å²) < 4.78 is 5.87. The molecule has 1 aromatic rings. The van der Waals surface area contributed by atoms with Gasteiger partial charge in [-0.25, -0.2) is 4.79 Å². The Bertz CT molecular complexity index is 345. The highest BCUT2D eigenvalue weighted by molar-refractivity contribution is 9.10. The zero-order valence-electron chi connectivity index (χ0n) is 8.50. The van der Waals surface area contributed by atoms with Gasteiger partial charge in [0.25, 0.3) is 0 Å². The smallest absolute Gasteiger partial charge is 0.339 e. The van der Waals surface area contributed by atoms with Gasteiger partial charge in [-0.15, -0.1) is 0 Å².